The largest absolute Gasteiger partial charge is 0.481 e. The van der Waals surface area contributed by atoms with Crippen LogP contribution in [-0.2, 0) is 9.59 Å². The Labute approximate surface area is 140 Å². The molecule has 0 spiro atoms. The number of para-hydroxylation sites is 1. The molecule has 4 nitrogen and oxygen atoms in total. The number of hydrogen-bond acceptors (Lipinski definition) is 2. The molecule has 1 fully saturated rings. The van der Waals surface area contributed by atoms with E-state index in [1.54, 1.807) is 0 Å². The molecule has 1 saturated carbocycles. The zero-order chi connectivity index (χ0) is 15.6. The Morgan fingerprint density at radius 3 is 2.33 bits per heavy atom. The van der Waals surface area contributed by atoms with E-state index in [0.29, 0.717) is 24.4 Å². The van der Waals surface area contributed by atoms with Crippen LogP contribution in [0, 0.1) is 17.8 Å². The lowest BCUT2D eigenvalue weighted by atomic mass is 9.95. The molecule has 3 atom stereocenters. The van der Waals surface area contributed by atoms with Crippen LogP contribution in [0.2, 0.25) is 0 Å². The molecule has 3 unspecified atom stereocenters. The van der Waals surface area contributed by atoms with Crippen LogP contribution in [0.1, 0.15) is 26.2 Å². The average Bonchev–Trinajstić information content (AvgIpc) is 2.87. The van der Waals surface area contributed by atoms with Crippen LogP contribution in [0.25, 0.3) is 0 Å². The summed E-state index contributed by atoms with van der Waals surface area (Å²) in [5.74, 6) is -1.84. The maximum atomic E-state index is 12.5. The van der Waals surface area contributed by atoms with Gasteiger partial charge < -0.3 is 10.4 Å². The number of carboxylic acids is 1. The maximum Gasteiger partial charge on any atom is 0.307 e. The number of carboxylic acid groups (broad SMARTS) is 1. The van der Waals surface area contributed by atoms with Gasteiger partial charge in [0.15, 0.2) is 0 Å². The van der Waals surface area contributed by atoms with Crippen molar-refractivity contribution in [2.45, 2.75) is 26.2 Å². The van der Waals surface area contributed by atoms with Crippen molar-refractivity contribution >= 4 is 49.4 Å². The van der Waals surface area contributed by atoms with Crippen LogP contribution in [0.3, 0.4) is 0 Å². The summed E-state index contributed by atoms with van der Waals surface area (Å²) in [6, 6.07) is 5.52. The molecule has 1 aromatic rings. The lowest BCUT2D eigenvalue weighted by Crippen LogP contribution is -2.30. The molecule has 0 bridgehead atoms. The SMILES string of the molecule is CCC1CC(C(=O)O)C(C(=O)Nc2c(Br)cccc2Br)C1. The molecule has 0 radical (unpaired) electrons. The smallest absolute Gasteiger partial charge is 0.307 e. The predicted octanol–water partition coefficient (Wildman–Crippen LogP) is 4.29. The predicted molar refractivity (Wildman–Crippen MR) is 88.1 cm³/mol. The number of anilines is 1. The minimum absolute atomic E-state index is 0.217. The molecule has 1 amide bonds. The minimum Gasteiger partial charge on any atom is -0.481 e. The highest BCUT2D eigenvalue weighted by atomic mass is 79.9. The number of halogens is 2. The minimum atomic E-state index is -0.878. The van der Waals surface area contributed by atoms with Gasteiger partial charge in [-0.1, -0.05) is 19.4 Å². The Balaban J connectivity index is 2.17. The molecule has 114 valence electrons. The zero-order valence-electron chi connectivity index (χ0n) is 11.6. The summed E-state index contributed by atoms with van der Waals surface area (Å²) >= 11 is 6.79. The first-order chi connectivity index (χ1) is 9.93. The zero-order valence-corrected chi connectivity index (χ0v) is 14.8. The first kappa shape index (κ1) is 16.5. The molecule has 1 aliphatic carbocycles. The average molecular weight is 419 g/mol. The van der Waals surface area contributed by atoms with Gasteiger partial charge in [-0.3, -0.25) is 9.59 Å². The Kier molecular flexibility index (Phi) is 5.43. The fourth-order valence-corrected chi connectivity index (χ4v) is 4.07. The fraction of sp³-hybridized carbons (Fsp3) is 0.467. The molecule has 0 heterocycles. The number of amides is 1. The van der Waals surface area contributed by atoms with Crippen LogP contribution in [-0.4, -0.2) is 17.0 Å². The second kappa shape index (κ2) is 6.92. The van der Waals surface area contributed by atoms with Crippen LogP contribution >= 0.6 is 31.9 Å². The van der Waals surface area contributed by atoms with Crippen molar-refractivity contribution in [3.05, 3.63) is 27.1 Å². The van der Waals surface area contributed by atoms with E-state index in [9.17, 15) is 14.7 Å². The van der Waals surface area contributed by atoms with E-state index >= 15 is 0 Å². The van der Waals surface area contributed by atoms with Crippen LogP contribution in [0.15, 0.2) is 27.1 Å². The van der Waals surface area contributed by atoms with Gasteiger partial charge in [-0.25, -0.2) is 0 Å². The summed E-state index contributed by atoms with van der Waals surface area (Å²) in [6.07, 6.45) is 2.13. The number of benzene rings is 1. The Morgan fingerprint density at radius 1 is 1.24 bits per heavy atom. The maximum absolute atomic E-state index is 12.5. The van der Waals surface area contributed by atoms with Gasteiger partial charge in [-0.05, 0) is 62.8 Å². The Hall–Kier alpha value is -0.880. The van der Waals surface area contributed by atoms with Crippen molar-refractivity contribution in [1.29, 1.82) is 0 Å². The summed E-state index contributed by atoms with van der Waals surface area (Å²) < 4.78 is 1.53. The number of nitrogens with one attached hydrogen (secondary N) is 1. The van der Waals surface area contributed by atoms with E-state index in [4.69, 9.17) is 0 Å². The summed E-state index contributed by atoms with van der Waals surface area (Å²) in [4.78, 5) is 23.8. The first-order valence-electron chi connectivity index (χ1n) is 6.91. The van der Waals surface area contributed by atoms with Crippen molar-refractivity contribution in [2.24, 2.45) is 17.8 Å². The molecule has 2 rings (SSSR count). The van der Waals surface area contributed by atoms with Gasteiger partial charge >= 0.3 is 5.97 Å². The third-order valence-electron chi connectivity index (χ3n) is 4.10. The van der Waals surface area contributed by atoms with Crippen LogP contribution in [0.4, 0.5) is 5.69 Å². The van der Waals surface area contributed by atoms with Gasteiger partial charge in [0, 0.05) is 8.95 Å². The van der Waals surface area contributed by atoms with Gasteiger partial charge in [-0.2, -0.15) is 0 Å². The number of aliphatic carboxylic acids is 1. The molecule has 0 aliphatic heterocycles. The number of hydrogen-bond donors (Lipinski definition) is 2. The number of carbonyl (C=O) groups excluding carboxylic acids is 1. The highest BCUT2D eigenvalue weighted by Gasteiger charge is 2.42. The monoisotopic (exact) mass is 417 g/mol. The quantitative estimate of drug-likeness (QED) is 0.766. The lowest BCUT2D eigenvalue weighted by Gasteiger charge is -2.17. The Bertz CT molecular complexity index is 542. The van der Waals surface area contributed by atoms with Crippen LogP contribution in [0.5, 0.6) is 0 Å². The van der Waals surface area contributed by atoms with Gasteiger partial charge in [0.1, 0.15) is 0 Å². The normalized spacial score (nSPS) is 24.8. The van der Waals surface area contributed by atoms with E-state index in [1.807, 2.05) is 25.1 Å². The molecular formula is C15H17Br2NO3. The molecule has 1 aromatic carbocycles. The van der Waals surface area contributed by atoms with Crippen LogP contribution < -0.4 is 5.32 Å². The van der Waals surface area contributed by atoms with Gasteiger partial charge in [0.25, 0.3) is 0 Å². The first-order valence-corrected chi connectivity index (χ1v) is 8.50. The van der Waals surface area contributed by atoms with Crippen molar-refractivity contribution < 1.29 is 14.7 Å². The molecular weight excluding hydrogens is 402 g/mol. The third kappa shape index (κ3) is 3.66. The summed E-state index contributed by atoms with van der Waals surface area (Å²) in [5.41, 5.74) is 0.645. The second-order valence-corrected chi connectivity index (χ2v) is 7.09. The van der Waals surface area contributed by atoms with Crippen molar-refractivity contribution in [3.63, 3.8) is 0 Å². The van der Waals surface area contributed by atoms with E-state index in [2.05, 4.69) is 37.2 Å². The lowest BCUT2D eigenvalue weighted by molar-refractivity contribution is -0.145. The molecule has 1 aliphatic rings. The van der Waals surface area contributed by atoms with E-state index in [0.717, 1.165) is 15.4 Å². The third-order valence-corrected chi connectivity index (χ3v) is 5.42. The standard InChI is InChI=1S/C15H17Br2NO3/c1-2-8-6-9(10(7-8)15(20)21)14(19)18-13-11(16)4-3-5-12(13)17/h3-5,8-10H,2,6-7H2,1H3,(H,18,19)(H,20,21). The molecule has 0 saturated heterocycles. The number of rotatable bonds is 4. The highest BCUT2D eigenvalue weighted by Crippen LogP contribution is 2.40. The topological polar surface area (TPSA) is 66.4 Å². The summed E-state index contributed by atoms with van der Waals surface area (Å²) in [7, 11) is 0. The molecule has 2 N–H and O–H groups in total. The van der Waals surface area contributed by atoms with Gasteiger partial charge in [0.2, 0.25) is 5.91 Å². The van der Waals surface area contributed by atoms with E-state index in [-0.39, 0.29) is 5.91 Å². The van der Waals surface area contributed by atoms with Gasteiger partial charge in [0.05, 0.1) is 17.5 Å². The second-order valence-electron chi connectivity index (χ2n) is 5.38. The number of carbonyl (C=O) groups is 2. The fourth-order valence-electron chi connectivity index (χ4n) is 2.87. The van der Waals surface area contributed by atoms with Gasteiger partial charge in [-0.15, -0.1) is 0 Å². The summed E-state index contributed by atoms with van der Waals surface area (Å²) in [5, 5.41) is 12.2. The molecule has 6 heteroatoms. The highest BCUT2D eigenvalue weighted by molar-refractivity contribution is 9.11. The Morgan fingerprint density at radius 2 is 1.81 bits per heavy atom. The van der Waals surface area contributed by atoms with Crippen molar-refractivity contribution in [1.82, 2.24) is 0 Å². The molecule has 21 heavy (non-hydrogen) atoms. The summed E-state index contributed by atoms with van der Waals surface area (Å²) in [6.45, 7) is 2.04. The van der Waals surface area contributed by atoms with E-state index < -0.39 is 17.8 Å². The van der Waals surface area contributed by atoms with E-state index in [1.165, 1.54) is 0 Å². The molecule has 0 aromatic heterocycles. The van der Waals surface area contributed by atoms with Crippen molar-refractivity contribution in [3.8, 4) is 0 Å². The van der Waals surface area contributed by atoms with Crippen molar-refractivity contribution in [2.75, 3.05) is 5.32 Å².